The highest BCUT2D eigenvalue weighted by Gasteiger charge is 2.24. The van der Waals surface area contributed by atoms with Gasteiger partial charge in [-0.1, -0.05) is 50.1 Å². The molecule has 2 amide bonds. The summed E-state index contributed by atoms with van der Waals surface area (Å²) in [7, 11) is 0. The normalized spacial score (nSPS) is 22.6. The molecule has 0 radical (unpaired) electrons. The molecule has 22 heavy (non-hydrogen) atoms. The molecule has 4 heteroatoms. The zero-order chi connectivity index (χ0) is 15.9. The van der Waals surface area contributed by atoms with Gasteiger partial charge in [0.1, 0.15) is 0 Å². The molecule has 0 bridgehead atoms. The molecule has 2 rings (SSSR count). The molecule has 1 aromatic rings. The maximum absolute atomic E-state index is 12.4. The van der Waals surface area contributed by atoms with E-state index < -0.39 is 0 Å². The molecule has 4 nitrogen and oxygen atoms in total. The van der Waals surface area contributed by atoms with E-state index in [9.17, 15) is 9.59 Å². The molecule has 3 atom stereocenters. The number of nitrogens with one attached hydrogen (secondary N) is 2. The molecule has 0 spiro atoms. The van der Waals surface area contributed by atoms with Gasteiger partial charge in [0.25, 0.3) is 0 Å². The van der Waals surface area contributed by atoms with Crippen LogP contribution in [-0.4, -0.2) is 17.9 Å². The van der Waals surface area contributed by atoms with Gasteiger partial charge in [0, 0.05) is 13.0 Å². The summed E-state index contributed by atoms with van der Waals surface area (Å²) < 4.78 is 0. The van der Waals surface area contributed by atoms with Crippen molar-refractivity contribution < 1.29 is 9.59 Å². The number of carbonyl (C=O) groups excluding carboxylic acids is 2. The first-order valence-electron chi connectivity index (χ1n) is 8.17. The monoisotopic (exact) mass is 302 g/mol. The van der Waals surface area contributed by atoms with E-state index in [4.69, 9.17) is 0 Å². The van der Waals surface area contributed by atoms with Gasteiger partial charge in [-0.15, -0.1) is 0 Å². The Hall–Kier alpha value is -1.84. The summed E-state index contributed by atoms with van der Waals surface area (Å²) in [5, 5.41) is 6.03. The summed E-state index contributed by atoms with van der Waals surface area (Å²) in [6.07, 6.45) is 4.96. The van der Waals surface area contributed by atoms with Crippen LogP contribution in [0.15, 0.2) is 30.3 Å². The summed E-state index contributed by atoms with van der Waals surface area (Å²) in [6, 6.07) is 9.66. The molecule has 0 aliphatic heterocycles. The molecular weight excluding hydrogens is 276 g/mol. The number of rotatable bonds is 5. The smallest absolute Gasteiger partial charge is 0.222 e. The van der Waals surface area contributed by atoms with Crippen molar-refractivity contribution in [2.24, 2.45) is 5.92 Å². The van der Waals surface area contributed by atoms with E-state index in [1.54, 1.807) is 0 Å². The molecule has 1 aliphatic carbocycles. The second-order valence-corrected chi connectivity index (χ2v) is 6.30. The average Bonchev–Trinajstić information content (AvgIpc) is 2.49. The van der Waals surface area contributed by atoms with Crippen molar-refractivity contribution in [1.29, 1.82) is 0 Å². The van der Waals surface area contributed by atoms with Crippen molar-refractivity contribution in [3.63, 3.8) is 0 Å². The van der Waals surface area contributed by atoms with Gasteiger partial charge in [-0.25, -0.2) is 0 Å². The predicted molar refractivity (Wildman–Crippen MR) is 87.2 cm³/mol. The molecule has 1 aromatic carbocycles. The van der Waals surface area contributed by atoms with Gasteiger partial charge in [0.15, 0.2) is 0 Å². The molecular formula is C18H26N2O2. The van der Waals surface area contributed by atoms with Crippen molar-refractivity contribution in [3.05, 3.63) is 35.9 Å². The highest BCUT2D eigenvalue weighted by atomic mass is 16.2. The quantitative estimate of drug-likeness (QED) is 0.878. The second-order valence-electron chi connectivity index (χ2n) is 6.30. The molecule has 1 fully saturated rings. The topological polar surface area (TPSA) is 58.2 Å². The maximum atomic E-state index is 12.4. The Morgan fingerprint density at radius 1 is 1.18 bits per heavy atom. The molecule has 1 saturated carbocycles. The Balaban J connectivity index is 1.97. The molecule has 120 valence electrons. The largest absolute Gasteiger partial charge is 0.353 e. The molecule has 2 N–H and O–H groups in total. The van der Waals surface area contributed by atoms with Gasteiger partial charge in [-0.3, -0.25) is 9.59 Å². The Morgan fingerprint density at radius 2 is 1.86 bits per heavy atom. The van der Waals surface area contributed by atoms with Crippen molar-refractivity contribution in [2.45, 2.75) is 58.0 Å². The number of hydrogen-bond acceptors (Lipinski definition) is 2. The third-order valence-electron chi connectivity index (χ3n) is 4.43. The lowest BCUT2D eigenvalue weighted by molar-refractivity contribution is -0.123. The Labute approximate surface area is 132 Å². The third-order valence-corrected chi connectivity index (χ3v) is 4.43. The highest BCUT2D eigenvalue weighted by molar-refractivity contribution is 5.79. The first kappa shape index (κ1) is 16.5. The lowest BCUT2D eigenvalue weighted by atomic mass is 9.86. The minimum Gasteiger partial charge on any atom is -0.353 e. The van der Waals surface area contributed by atoms with Crippen LogP contribution < -0.4 is 10.6 Å². The summed E-state index contributed by atoms with van der Waals surface area (Å²) in [5.41, 5.74) is 0.963. The van der Waals surface area contributed by atoms with Crippen LogP contribution in [0.5, 0.6) is 0 Å². The van der Waals surface area contributed by atoms with E-state index in [-0.39, 0.29) is 30.3 Å². The van der Waals surface area contributed by atoms with Gasteiger partial charge in [0.2, 0.25) is 11.8 Å². The van der Waals surface area contributed by atoms with Gasteiger partial charge < -0.3 is 10.6 Å². The van der Waals surface area contributed by atoms with Crippen LogP contribution in [0.25, 0.3) is 0 Å². The van der Waals surface area contributed by atoms with Crippen LogP contribution in [0.2, 0.25) is 0 Å². The fourth-order valence-corrected chi connectivity index (χ4v) is 3.16. The second kappa shape index (κ2) is 7.97. The van der Waals surface area contributed by atoms with Crippen LogP contribution in [0, 0.1) is 5.92 Å². The fraction of sp³-hybridized carbons (Fsp3) is 0.556. The first-order chi connectivity index (χ1) is 10.6. The van der Waals surface area contributed by atoms with Gasteiger partial charge in [-0.2, -0.15) is 0 Å². The minimum absolute atomic E-state index is 0.0151. The Bertz CT molecular complexity index is 501. The summed E-state index contributed by atoms with van der Waals surface area (Å²) >= 11 is 0. The Morgan fingerprint density at radius 3 is 2.50 bits per heavy atom. The minimum atomic E-state index is -0.266. The van der Waals surface area contributed by atoms with Gasteiger partial charge >= 0.3 is 0 Å². The standard InChI is InChI=1S/C18H26N2O2/c1-13-8-6-7-11-16(13)20-18(22)12-17(19-14(2)21)15-9-4-3-5-10-15/h3-5,9-10,13,16-17H,6-8,11-12H2,1-2H3,(H,19,21)(H,20,22). The van der Waals surface area contributed by atoms with Gasteiger partial charge in [0.05, 0.1) is 12.5 Å². The number of amides is 2. The van der Waals surface area contributed by atoms with Crippen molar-refractivity contribution in [1.82, 2.24) is 10.6 Å². The van der Waals surface area contributed by atoms with E-state index >= 15 is 0 Å². The van der Waals surface area contributed by atoms with Gasteiger partial charge in [-0.05, 0) is 24.3 Å². The van der Waals surface area contributed by atoms with Crippen molar-refractivity contribution in [2.75, 3.05) is 0 Å². The zero-order valence-electron chi connectivity index (χ0n) is 13.5. The summed E-state index contributed by atoms with van der Waals surface area (Å²) in [4.78, 5) is 23.8. The van der Waals surface area contributed by atoms with Crippen LogP contribution >= 0.6 is 0 Å². The molecule has 0 heterocycles. The summed E-state index contributed by atoms with van der Waals surface area (Å²) in [6.45, 7) is 3.68. The highest BCUT2D eigenvalue weighted by Crippen LogP contribution is 2.24. The van der Waals surface area contributed by atoms with Crippen LogP contribution in [-0.2, 0) is 9.59 Å². The van der Waals surface area contributed by atoms with Crippen LogP contribution in [0.1, 0.15) is 57.6 Å². The van der Waals surface area contributed by atoms with E-state index in [0.717, 1.165) is 12.0 Å². The van der Waals surface area contributed by atoms with E-state index in [2.05, 4.69) is 17.6 Å². The van der Waals surface area contributed by atoms with E-state index in [1.807, 2.05) is 30.3 Å². The summed E-state index contributed by atoms with van der Waals surface area (Å²) in [5.74, 6) is 0.433. The lowest BCUT2D eigenvalue weighted by Crippen LogP contribution is -2.42. The lowest BCUT2D eigenvalue weighted by Gasteiger charge is -2.30. The molecule has 0 saturated heterocycles. The van der Waals surface area contributed by atoms with Crippen LogP contribution in [0.4, 0.5) is 0 Å². The number of benzene rings is 1. The zero-order valence-corrected chi connectivity index (χ0v) is 13.5. The van der Waals surface area contributed by atoms with Crippen LogP contribution in [0.3, 0.4) is 0 Å². The number of hydrogen-bond donors (Lipinski definition) is 2. The van der Waals surface area contributed by atoms with Crippen molar-refractivity contribution >= 4 is 11.8 Å². The Kier molecular flexibility index (Phi) is 5.99. The molecule has 3 unspecified atom stereocenters. The van der Waals surface area contributed by atoms with E-state index in [1.165, 1.54) is 26.2 Å². The third kappa shape index (κ3) is 4.86. The molecule has 0 aromatic heterocycles. The number of carbonyl (C=O) groups is 2. The van der Waals surface area contributed by atoms with E-state index in [0.29, 0.717) is 5.92 Å². The predicted octanol–water partition coefficient (Wildman–Crippen LogP) is 2.95. The molecule has 1 aliphatic rings. The fourth-order valence-electron chi connectivity index (χ4n) is 3.16. The maximum Gasteiger partial charge on any atom is 0.222 e. The average molecular weight is 302 g/mol. The SMILES string of the molecule is CC(=O)NC(CC(=O)NC1CCCCC1C)c1ccccc1. The first-order valence-corrected chi connectivity index (χ1v) is 8.17. The van der Waals surface area contributed by atoms with Crippen molar-refractivity contribution in [3.8, 4) is 0 Å².